The fraction of sp³-hybridized carbons (Fsp3) is 0.600. The monoisotopic (exact) mass is 310 g/mol. The Kier molecular flexibility index (Phi) is 4.59. The minimum Gasteiger partial charge on any atom is -0.379 e. The van der Waals surface area contributed by atoms with E-state index in [1.807, 2.05) is 12.1 Å². The van der Waals surface area contributed by atoms with Crippen LogP contribution in [0.3, 0.4) is 0 Å². The number of ether oxygens (including phenoxy) is 1. The minimum atomic E-state index is -3.37. The summed E-state index contributed by atoms with van der Waals surface area (Å²) >= 11 is 0. The zero-order chi connectivity index (χ0) is 14.7. The van der Waals surface area contributed by atoms with Gasteiger partial charge in [-0.1, -0.05) is 18.6 Å². The van der Waals surface area contributed by atoms with E-state index >= 15 is 0 Å². The first-order valence-corrected chi connectivity index (χ1v) is 9.00. The summed E-state index contributed by atoms with van der Waals surface area (Å²) in [6, 6.07) is 7.87. The van der Waals surface area contributed by atoms with E-state index in [9.17, 15) is 8.42 Å². The lowest BCUT2D eigenvalue weighted by molar-refractivity contribution is 0.0730. The van der Waals surface area contributed by atoms with Crippen LogP contribution in [0, 0.1) is 0 Å². The summed E-state index contributed by atoms with van der Waals surface area (Å²) in [7, 11) is -3.37. The number of hydrogen-bond donors (Lipinski definition) is 1. The highest BCUT2D eigenvalue weighted by molar-refractivity contribution is 7.89. The highest BCUT2D eigenvalue weighted by Gasteiger charge is 2.26. The van der Waals surface area contributed by atoms with Crippen molar-refractivity contribution in [2.45, 2.75) is 36.7 Å². The molecule has 1 saturated heterocycles. The molecule has 1 aromatic carbocycles. The molecule has 0 bridgehead atoms. The van der Waals surface area contributed by atoms with E-state index < -0.39 is 10.0 Å². The second kappa shape index (κ2) is 6.44. The van der Waals surface area contributed by atoms with Crippen molar-refractivity contribution in [3.05, 3.63) is 29.8 Å². The number of morpholine rings is 1. The van der Waals surface area contributed by atoms with Crippen LogP contribution in [-0.2, 0) is 21.3 Å². The third kappa shape index (κ3) is 3.45. The van der Waals surface area contributed by atoms with Crippen molar-refractivity contribution in [2.24, 2.45) is 0 Å². The maximum Gasteiger partial charge on any atom is 0.243 e. The highest BCUT2D eigenvalue weighted by atomic mass is 32.2. The van der Waals surface area contributed by atoms with E-state index in [1.54, 1.807) is 12.1 Å². The molecule has 5 nitrogen and oxygen atoms in total. The van der Waals surface area contributed by atoms with Gasteiger partial charge in [-0.25, -0.2) is 8.42 Å². The van der Waals surface area contributed by atoms with Gasteiger partial charge in [0.2, 0.25) is 10.0 Å². The first-order chi connectivity index (χ1) is 10.2. The summed E-state index contributed by atoms with van der Waals surface area (Å²) < 4.78 is 31.7. The zero-order valence-electron chi connectivity index (χ0n) is 12.1. The van der Waals surface area contributed by atoms with E-state index in [2.05, 4.69) is 5.32 Å². The molecular formula is C15H22N2O3S. The summed E-state index contributed by atoms with van der Waals surface area (Å²) in [5.41, 5.74) is 1.13. The molecule has 116 valence electrons. The highest BCUT2D eigenvalue weighted by Crippen LogP contribution is 2.20. The van der Waals surface area contributed by atoms with Gasteiger partial charge >= 0.3 is 0 Å². The largest absolute Gasteiger partial charge is 0.379 e. The van der Waals surface area contributed by atoms with Crippen molar-refractivity contribution in [3.8, 4) is 0 Å². The summed E-state index contributed by atoms with van der Waals surface area (Å²) in [4.78, 5) is 0.372. The van der Waals surface area contributed by atoms with Gasteiger partial charge in [0.25, 0.3) is 0 Å². The quantitative estimate of drug-likeness (QED) is 0.892. The first kappa shape index (κ1) is 15.0. The number of sulfonamides is 1. The normalized spacial score (nSPS) is 21.1. The van der Waals surface area contributed by atoms with E-state index in [1.165, 1.54) is 23.6 Å². The molecule has 0 radical (unpaired) electrons. The molecule has 2 aliphatic rings. The smallest absolute Gasteiger partial charge is 0.243 e. The Bertz CT molecular complexity index is 561. The summed E-state index contributed by atoms with van der Waals surface area (Å²) in [5, 5.41) is 3.48. The van der Waals surface area contributed by atoms with Crippen LogP contribution in [0.15, 0.2) is 29.2 Å². The molecule has 0 aromatic heterocycles. The molecule has 6 heteroatoms. The van der Waals surface area contributed by atoms with Gasteiger partial charge < -0.3 is 10.1 Å². The lowest BCUT2D eigenvalue weighted by atomic mass is 9.93. The molecule has 2 fully saturated rings. The van der Waals surface area contributed by atoms with Crippen molar-refractivity contribution in [1.29, 1.82) is 0 Å². The van der Waals surface area contributed by atoms with Crippen molar-refractivity contribution in [1.82, 2.24) is 9.62 Å². The number of nitrogens with one attached hydrogen (secondary N) is 1. The number of nitrogens with zero attached hydrogens (tertiary/aromatic N) is 1. The predicted molar refractivity (Wildman–Crippen MR) is 80.5 cm³/mol. The Hall–Kier alpha value is -0.950. The molecule has 1 aliphatic carbocycles. The van der Waals surface area contributed by atoms with Gasteiger partial charge in [0.1, 0.15) is 0 Å². The van der Waals surface area contributed by atoms with E-state index in [0.29, 0.717) is 37.2 Å². The van der Waals surface area contributed by atoms with Gasteiger partial charge in [-0.2, -0.15) is 4.31 Å². The topological polar surface area (TPSA) is 58.6 Å². The van der Waals surface area contributed by atoms with Crippen LogP contribution in [0.2, 0.25) is 0 Å². The zero-order valence-corrected chi connectivity index (χ0v) is 12.9. The fourth-order valence-corrected chi connectivity index (χ4v) is 4.00. The van der Waals surface area contributed by atoms with Crippen LogP contribution < -0.4 is 5.32 Å². The fourth-order valence-electron chi connectivity index (χ4n) is 2.59. The number of hydrogen-bond acceptors (Lipinski definition) is 4. The summed E-state index contributed by atoms with van der Waals surface area (Å²) in [6.45, 7) is 2.63. The van der Waals surface area contributed by atoms with Gasteiger partial charge in [-0.3, -0.25) is 0 Å². The van der Waals surface area contributed by atoms with Crippen molar-refractivity contribution in [3.63, 3.8) is 0 Å². The van der Waals surface area contributed by atoms with Gasteiger partial charge in [0.15, 0.2) is 0 Å². The van der Waals surface area contributed by atoms with E-state index in [-0.39, 0.29) is 0 Å². The van der Waals surface area contributed by atoms with E-state index in [0.717, 1.165) is 12.1 Å². The third-order valence-corrected chi connectivity index (χ3v) is 6.14. The first-order valence-electron chi connectivity index (χ1n) is 7.56. The van der Waals surface area contributed by atoms with Gasteiger partial charge in [-0.15, -0.1) is 0 Å². The maximum absolute atomic E-state index is 12.5. The van der Waals surface area contributed by atoms with Crippen LogP contribution in [0.25, 0.3) is 0 Å². The molecule has 0 atom stereocenters. The number of benzene rings is 1. The molecule has 1 aliphatic heterocycles. The van der Waals surface area contributed by atoms with Crippen LogP contribution in [0.1, 0.15) is 24.8 Å². The third-order valence-electron chi connectivity index (χ3n) is 4.23. The van der Waals surface area contributed by atoms with Gasteiger partial charge in [0, 0.05) is 25.7 Å². The van der Waals surface area contributed by atoms with Gasteiger partial charge in [-0.05, 0) is 30.5 Å². The van der Waals surface area contributed by atoms with Gasteiger partial charge in [0.05, 0.1) is 18.1 Å². The molecule has 1 saturated carbocycles. The second-order valence-electron chi connectivity index (χ2n) is 5.67. The van der Waals surface area contributed by atoms with Crippen LogP contribution in [-0.4, -0.2) is 45.1 Å². The summed E-state index contributed by atoms with van der Waals surface area (Å²) in [5.74, 6) is 0. The molecule has 0 unspecified atom stereocenters. The van der Waals surface area contributed by atoms with Crippen molar-refractivity contribution in [2.75, 3.05) is 26.3 Å². The second-order valence-corrected chi connectivity index (χ2v) is 7.61. The lowest BCUT2D eigenvalue weighted by Gasteiger charge is -2.27. The Balaban J connectivity index is 1.64. The minimum absolute atomic E-state index is 0.372. The van der Waals surface area contributed by atoms with E-state index in [4.69, 9.17) is 4.74 Å². The molecule has 1 heterocycles. The van der Waals surface area contributed by atoms with Crippen molar-refractivity contribution >= 4 is 10.0 Å². The predicted octanol–water partition coefficient (Wildman–Crippen LogP) is 1.35. The van der Waals surface area contributed by atoms with Crippen LogP contribution >= 0.6 is 0 Å². The molecular weight excluding hydrogens is 288 g/mol. The molecule has 0 spiro atoms. The Morgan fingerprint density at radius 1 is 1.14 bits per heavy atom. The molecule has 0 amide bonds. The Labute approximate surface area is 126 Å². The molecule has 3 rings (SSSR count). The lowest BCUT2D eigenvalue weighted by Crippen LogP contribution is -2.40. The molecule has 21 heavy (non-hydrogen) atoms. The van der Waals surface area contributed by atoms with Crippen LogP contribution in [0.5, 0.6) is 0 Å². The SMILES string of the molecule is O=S(=O)(c1ccc(CNC2CCC2)cc1)N1CCOCC1. The Morgan fingerprint density at radius 3 is 2.38 bits per heavy atom. The Morgan fingerprint density at radius 2 is 1.81 bits per heavy atom. The number of rotatable bonds is 5. The molecule has 1 aromatic rings. The van der Waals surface area contributed by atoms with Crippen molar-refractivity contribution < 1.29 is 13.2 Å². The molecule has 1 N–H and O–H groups in total. The maximum atomic E-state index is 12.5. The standard InChI is InChI=1S/C15H22N2O3S/c18-21(19,17-8-10-20-11-9-17)15-6-4-13(5-7-15)12-16-14-2-1-3-14/h4-7,14,16H,1-3,8-12H2. The van der Waals surface area contributed by atoms with Crippen LogP contribution in [0.4, 0.5) is 0 Å². The average molecular weight is 310 g/mol. The summed E-state index contributed by atoms with van der Waals surface area (Å²) in [6.07, 6.45) is 3.82. The average Bonchev–Trinajstić information content (AvgIpc) is 2.47.